The van der Waals surface area contributed by atoms with Crippen molar-refractivity contribution in [1.29, 1.82) is 0 Å². The molecule has 0 spiro atoms. The second kappa shape index (κ2) is 8.29. The van der Waals surface area contributed by atoms with Gasteiger partial charge in [-0.25, -0.2) is 9.40 Å². The maximum atomic E-state index is 13.0. The molecule has 6 heteroatoms. The Balaban J connectivity index is 1.18. The third kappa shape index (κ3) is 4.51. The van der Waals surface area contributed by atoms with E-state index in [9.17, 15) is 14.3 Å². The van der Waals surface area contributed by atoms with Gasteiger partial charge in [0.25, 0.3) is 5.91 Å². The predicted octanol–water partition coefficient (Wildman–Crippen LogP) is 3.03. The van der Waals surface area contributed by atoms with Crippen molar-refractivity contribution in [1.82, 2.24) is 15.8 Å². The van der Waals surface area contributed by atoms with Gasteiger partial charge in [0.2, 0.25) is 0 Å². The van der Waals surface area contributed by atoms with Gasteiger partial charge >= 0.3 is 0 Å². The van der Waals surface area contributed by atoms with E-state index in [0.29, 0.717) is 23.4 Å². The summed E-state index contributed by atoms with van der Waals surface area (Å²) in [5.41, 5.74) is 4.40. The molecule has 2 aliphatic rings. The van der Waals surface area contributed by atoms with Gasteiger partial charge in [-0.3, -0.25) is 10.2 Å². The van der Waals surface area contributed by atoms with Crippen LogP contribution in [0.4, 0.5) is 4.39 Å². The summed E-state index contributed by atoms with van der Waals surface area (Å²) in [5.74, 6) is 0.635. The lowest BCUT2D eigenvalue weighted by Gasteiger charge is -2.32. The summed E-state index contributed by atoms with van der Waals surface area (Å²) in [4.78, 5) is 12.3. The van der Waals surface area contributed by atoms with Gasteiger partial charge < -0.3 is 10.4 Å². The molecule has 3 N–H and O–H groups in total. The first-order valence-corrected chi connectivity index (χ1v) is 9.93. The maximum Gasteiger partial charge on any atom is 0.269 e. The Bertz CT molecular complexity index is 819. The number of phenolic OH excluding ortho intramolecular Hbond substituents is 1. The molecule has 28 heavy (non-hydrogen) atoms. The zero-order valence-corrected chi connectivity index (χ0v) is 15.8. The van der Waals surface area contributed by atoms with Crippen molar-refractivity contribution in [2.24, 2.45) is 5.92 Å². The average molecular weight is 383 g/mol. The normalized spacial score (nSPS) is 22.8. The van der Waals surface area contributed by atoms with Gasteiger partial charge in [-0.2, -0.15) is 0 Å². The number of halogens is 1. The van der Waals surface area contributed by atoms with Gasteiger partial charge in [-0.15, -0.1) is 0 Å². The highest BCUT2D eigenvalue weighted by molar-refractivity contribution is 5.96. The standard InChI is InChI=1S/C22H26FN3O2/c23-17-7-5-16(6-8-17)19-13-20(19)24-14-15-9-11-26(12-10-15)25-22(28)18-3-1-2-4-21(18)27/h1-8,15,19-20,24,27H,9-14H2,(H,25,28). The van der Waals surface area contributed by atoms with E-state index in [1.807, 2.05) is 17.1 Å². The van der Waals surface area contributed by atoms with E-state index in [4.69, 9.17) is 0 Å². The van der Waals surface area contributed by atoms with Crippen LogP contribution in [0.25, 0.3) is 0 Å². The number of rotatable bonds is 6. The Morgan fingerprint density at radius 3 is 2.54 bits per heavy atom. The van der Waals surface area contributed by atoms with Gasteiger partial charge in [-0.05, 0) is 61.6 Å². The van der Waals surface area contributed by atoms with Crippen LogP contribution >= 0.6 is 0 Å². The van der Waals surface area contributed by atoms with Gasteiger partial charge in [-0.1, -0.05) is 24.3 Å². The largest absolute Gasteiger partial charge is 0.507 e. The number of hydrogen-bond acceptors (Lipinski definition) is 4. The minimum atomic E-state index is -0.269. The lowest BCUT2D eigenvalue weighted by Crippen LogP contribution is -2.47. The van der Waals surface area contributed by atoms with Crippen LogP contribution in [0.2, 0.25) is 0 Å². The number of hydrazine groups is 1. The topological polar surface area (TPSA) is 64.6 Å². The SMILES string of the molecule is O=C(NN1CCC(CNC2CC2c2ccc(F)cc2)CC1)c1ccccc1O. The molecule has 2 fully saturated rings. The number of amides is 1. The summed E-state index contributed by atoms with van der Waals surface area (Å²) in [7, 11) is 0. The highest BCUT2D eigenvalue weighted by atomic mass is 19.1. The van der Waals surface area contributed by atoms with E-state index in [2.05, 4.69) is 10.7 Å². The minimum Gasteiger partial charge on any atom is -0.507 e. The summed E-state index contributed by atoms with van der Waals surface area (Å²) in [5, 5.41) is 15.4. The second-order valence-corrected chi connectivity index (χ2v) is 7.80. The van der Waals surface area contributed by atoms with E-state index in [1.54, 1.807) is 18.2 Å². The maximum absolute atomic E-state index is 13.0. The zero-order chi connectivity index (χ0) is 19.5. The summed E-state index contributed by atoms with van der Waals surface area (Å²) in [6.07, 6.45) is 3.14. The van der Waals surface area contributed by atoms with Crippen LogP contribution in [-0.4, -0.2) is 41.7 Å². The number of carbonyl (C=O) groups excluding carboxylic acids is 1. The fraction of sp³-hybridized carbons (Fsp3) is 0.409. The average Bonchev–Trinajstić information content (AvgIpc) is 3.48. The molecule has 1 amide bonds. The molecule has 2 aromatic rings. The Morgan fingerprint density at radius 1 is 1.11 bits per heavy atom. The van der Waals surface area contributed by atoms with E-state index >= 15 is 0 Å². The third-order valence-electron chi connectivity index (χ3n) is 5.78. The van der Waals surface area contributed by atoms with E-state index in [1.165, 1.54) is 23.8 Å². The second-order valence-electron chi connectivity index (χ2n) is 7.80. The van der Waals surface area contributed by atoms with Gasteiger partial charge in [0.05, 0.1) is 5.56 Å². The summed E-state index contributed by atoms with van der Waals surface area (Å²) in [6.45, 7) is 2.58. The van der Waals surface area contributed by atoms with Gasteiger partial charge in [0.1, 0.15) is 11.6 Å². The molecule has 2 aromatic carbocycles. The van der Waals surface area contributed by atoms with E-state index in [0.717, 1.165) is 38.9 Å². The molecule has 0 radical (unpaired) electrons. The minimum absolute atomic E-state index is 0.000715. The number of benzene rings is 2. The fourth-order valence-electron chi connectivity index (χ4n) is 3.94. The van der Waals surface area contributed by atoms with Crippen molar-refractivity contribution in [3.05, 3.63) is 65.5 Å². The molecule has 4 rings (SSSR count). The fourth-order valence-corrected chi connectivity index (χ4v) is 3.94. The van der Waals surface area contributed by atoms with Crippen molar-refractivity contribution < 1.29 is 14.3 Å². The number of phenols is 1. The van der Waals surface area contributed by atoms with E-state index in [-0.39, 0.29) is 17.5 Å². The van der Waals surface area contributed by atoms with Crippen LogP contribution in [0.3, 0.4) is 0 Å². The lowest BCUT2D eigenvalue weighted by molar-refractivity contribution is 0.0699. The number of carbonyl (C=O) groups is 1. The third-order valence-corrected chi connectivity index (χ3v) is 5.78. The molecule has 1 aliphatic carbocycles. The summed E-state index contributed by atoms with van der Waals surface area (Å²) < 4.78 is 13.0. The van der Waals surface area contributed by atoms with Crippen LogP contribution < -0.4 is 10.7 Å². The smallest absolute Gasteiger partial charge is 0.269 e. The van der Waals surface area contributed by atoms with Crippen molar-refractivity contribution in [3.63, 3.8) is 0 Å². The van der Waals surface area contributed by atoms with Crippen molar-refractivity contribution >= 4 is 5.91 Å². The Hall–Kier alpha value is -2.44. The molecule has 0 aromatic heterocycles. The lowest BCUT2D eigenvalue weighted by atomic mass is 9.97. The molecule has 1 saturated carbocycles. The first-order valence-electron chi connectivity index (χ1n) is 9.93. The van der Waals surface area contributed by atoms with Crippen molar-refractivity contribution in [2.45, 2.75) is 31.2 Å². The first-order chi connectivity index (χ1) is 13.6. The quantitative estimate of drug-likeness (QED) is 0.718. The number of piperidine rings is 1. The zero-order valence-electron chi connectivity index (χ0n) is 15.8. The first kappa shape index (κ1) is 18.9. The Labute approximate surface area is 164 Å². The molecular weight excluding hydrogens is 357 g/mol. The van der Waals surface area contributed by atoms with Crippen molar-refractivity contribution in [2.75, 3.05) is 19.6 Å². The number of para-hydroxylation sites is 1. The number of nitrogens with zero attached hydrogens (tertiary/aromatic N) is 1. The molecule has 2 atom stereocenters. The highest BCUT2D eigenvalue weighted by Gasteiger charge is 2.38. The molecule has 5 nitrogen and oxygen atoms in total. The van der Waals surface area contributed by atoms with Crippen LogP contribution in [0.5, 0.6) is 5.75 Å². The molecule has 2 unspecified atom stereocenters. The van der Waals surface area contributed by atoms with Crippen LogP contribution in [0.15, 0.2) is 48.5 Å². The molecule has 1 heterocycles. The summed E-state index contributed by atoms with van der Waals surface area (Å²) in [6, 6.07) is 13.9. The van der Waals surface area contributed by atoms with Crippen molar-refractivity contribution in [3.8, 4) is 5.75 Å². The van der Waals surface area contributed by atoms with Crippen LogP contribution in [0, 0.1) is 11.7 Å². The van der Waals surface area contributed by atoms with E-state index < -0.39 is 0 Å². The van der Waals surface area contributed by atoms with Gasteiger partial charge in [0, 0.05) is 25.0 Å². The Morgan fingerprint density at radius 2 is 1.82 bits per heavy atom. The predicted molar refractivity (Wildman–Crippen MR) is 105 cm³/mol. The number of nitrogens with one attached hydrogen (secondary N) is 2. The summed E-state index contributed by atoms with van der Waals surface area (Å²) >= 11 is 0. The van der Waals surface area contributed by atoms with Crippen LogP contribution in [0.1, 0.15) is 41.1 Å². The molecule has 0 bridgehead atoms. The highest BCUT2D eigenvalue weighted by Crippen LogP contribution is 2.40. The number of hydrogen-bond donors (Lipinski definition) is 3. The molecule has 148 valence electrons. The Kier molecular flexibility index (Phi) is 5.59. The molecule has 1 saturated heterocycles. The monoisotopic (exact) mass is 383 g/mol. The molecule has 1 aliphatic heterocycles. The van der Waals surface area contributed by atoms with Crippen LogP contribution in [-0.2, 0) is 0 Å². The van der Waals surface area contributed by atoms with Gasteiger partial charge in [0.15, 0.2) is 0 Å². The number of aromatic hydroxyl groups is 1. The molecular formula is C22H26FN3O2.